The third-order valence-electron chi connectivity index (χ3n) is 4.00. The average molecular weight is 360 g/mol. The molecule has 0 bridgehead atoms. The van der Waals surface area contributed by atoms with Gasteiger partial charge in [-0.05, 0) is 31.8 Å². The Bertz CT molecular complexity index is 775. The van der Waals surface area contributed by atoms with Crippen LogP contribution in [0.25, 0.3) is 0 Å². The second-order valence-electron chi connectivity index (χ2n) is 6.08. The van der Waals surface area contributed by atoms with E-state index in [4.69, 9.17) is 0 Å². The zero-order valence-corrected chi connectivity index (χ0v) is 15.4. The highest BCUT2D eigenvalue weighted by Gasteiger charge is 2.18. The summed E-state index contributed by atoms with van der Waals surface area (Å²) in [6.45, 7) is 0.432. The van der Waals surface area contributed by atoms with Crippen LogP contribution in [0.5, 0.6) is 0 Å². The van der Waals surface area contributed by atoms with E-state index < -0.39 is 9.84 Å². The standard InChI is InChI=1S/C19H24N2O3S/c1-21(2)18(16-9-5-3-6-10-16)15-20-19(22)13-14-25(23,24)17-11-7-4-8-12-17/h3-12,18H,13-15H2,1-2H3,(H,20,22)/t18-/m0/s1. The van der Waals surface area contributed by atoms with Crippen LogP contribution < -0.4 is 5.32 Å². The van der Waals surface area contributed by atoms with Crippen molar-refractivity contribution in [2.45, 2.75) is 17.4 Å². The first kappa shape index (κ1) is 19.1. The molecule has 0 aliphatic heterocycles. The number of hydrogen-bond acceptors (Lipinski definition) is 4. The third kappa shape index (κ3) is 5.69. The van der Waals surface area contributed by atoms with Gasteiger partial charge in [0, 0.05) is 13.0 Å². The maximum absolute atomic E-state index is 12.2. The van der Waals surface area contributed by atoms with Gasteiger partial charge in [-0.15, -0.1) is 0 Å². The van der Waals surface area contributed by atoms with Crippen molar-refractivity contribution in [1.82, 2.24) is 10.2 Å². The summed E-state index contributed by atoms with van der Waals surface area (Å²) >= 11 is 0. The molecule has 1 atom stereocenters. The van der Waals surface area contributed by atoms with Gasteiger partial charge in [-0.1, -0.05) is 48.5 Å². The second kappa shape index (κ2) is 8.78. The summed E-state index contributed by atoms with van der Waals surface area (Å²) in [5.41, 5.74) is 1.10. The number of sulfone groups is 1. The minimum atomic E-state index is -3.43. The summed E-state index contributed by atoms with van der Waals surface area (Å²) in [5, 5.41) is 2.84. The van der Waals surface area contributed by atoms with E-state index in [1.54, 1.807) is 30.3 Å². The molecule has 2 aromatic carbocycles. The summed E-state index contributed by atoms with van der Waals surface area (Å²) in [4.78, 5) is 14.4. The van der Waals surface area contributed by atoms with Crippen molar-refractivity contribution in [2.24, 2.45) is 0 Å². The molecule has 134 valence electrons. The average Bonchev–Trinajstić information content (AvgIpc) is 2.61. The van der Waals surface area contributed by atoms with E-state index in [1.807, 2.05) is 49.3 Å². The van der Waals surface area contributed by atoms with Gasteiger partial charge in [0.25, 0.3) is 0 Å². The molecule has 0 aromatic heterocycles. The first-order valence-electron chi connectivity index (χ1n) is 8.16. The first-order valence-corrected chi connectivity index (χ1v) is 9.81. The van der Waals surface area contributed by atoms with Crippen molar-refractivity contribution in [3.8, 4) is 0 Å². The van der Waals surface area contributed by atoms with Gasteiger partial charge in [0.2, 0.25) is 5.91 Å². The second-order valence-corrected chi connectivity index (χ2v) is 8.19. The molecule has 0 saturated carbocycles. The highest BCUT2D eigenvalue weighted by molar-refractivity contribution is 7.91. The molecule has 2 aromatic rings. The van der Waals surface area contributed by atoms with Crippen molar-refractivity contribution in [2.75, 3.05) is 26.4 Å². The van der Waals surface area contributed by atoms with Crippen LogP contribution in [0.1, 0.15) is 18.0 Å². The summed E-state index contributed by atoms with van der Waals surface area (Å²) in [7, 11) is 0.463. The topological polar surface area (TPSA) is 66.5 Å². The Morgan fingerprint density at radius 2 is 1.56 bits per heavy atom. The SMILES string of the molecule is CN(C)[C@@H](CNC(=O)CCS(=O)(=O)c1ccccc1)c1ccccc1. The van der Waals surface area contributed by atoms with Crippen LogP contribution in [0, 0.1) is 0 Å². The number of nitrogens with one attached hydrogen (secondary N) is 1. The Kier molecular flexibility index (Phi) is 6.73. The zero-order chi connectivity index (χ0) is 18.3. The Morgan fingerprint density at radius 3 is 2.12 bits per heavy atom. The Hall–Kier alpha value is -2.18. The van der Waals surface area contributed by atoms with Crippen molar-refractivity contribution in [3.63, 3.8) is 0 Å². The molecule has 6 heteroatoms. The van der Waals surface area contributed by atoms with Gasteiger partial charge in [-0.25, -0.2) is 8.42 Å². The van der Waals surface area contributed by atoms with Gasteiger partial charge in [0.15, 0.2) is 9.84 Å². The summed E-state index contributed by atoms with van der Waals surface area (Å²) in [5.74, 6) is -0.455. The van der Waals surface area contributed by atoms with Crippen LogP contribution in [0.15, 0.2) is 65.6 Å². The molecule has 0 saturated heterocycles. The number of hydrogen-bond donors (Lipinski definition) is 1. The van der Waals surface area contributed by atoms with E-state index >= 15 is 0 Å². The van der Waals surface area contributed by atoms with Gasteiger partial charge in [0.1, 0.15) is 0 Å². The highest BCUT2D eigenvalue weighted by atomic mass is 32.2. The molecule has 25 heavy (non-hydrogen) atoms. The molecule has 0 aliphatic carbocycles. The molecule has 1 N–H and O–H groups in total. The molecule has 1 amide bonds. The smallest absolute Gasteiger partial charge is 0.221 e. The highest BCUT2D eigenvalue weighted by Crippen LogP contribution is 2.17. The predicted octanol–water partition coefficient (Wildman–Crippen LogP) is 2.27. The zero-order valence-electron chi connectivity index (χ0n) is 14.6. The normalized spacial score (nSPS) is 12.8. The molecule has 0 aliphatic rings. The summed E-state index contributed by atoms with van der Waals surface area (Å²) in [6, 6.07) is 18.1. The van der Waals surface area contributed by atoms with Crippen LogP contribution in [0.2, 0.25) is 0 Å². The number of likely N-dealkylation sites (N-methyl/N-ethyl adjacent to an activating group) is 1. The van der Waals surface area contributed by atoms with Gasteiger partial charge < -0.3 is 10.2 Å². The molecule has 5 nitrogen and oxygen atoms in total. The van der Waals surface area contributed by atoms with E-state index in [1.165, 1.54) is 0 Å². The van der Waals surface area contributed by atoms with E-state index in [9.17, 15) is 13.2 Å². The molecule has 0 unspecified atom stereocenters. The predicted molar refractivity (Wildman–Crippen MR) is 99.0 cm³/mol. The maximum atomic E-state index is 12.2. The molecule has 0 radical (unpaired) electrons. The lowest BCUT2D eigenvalue weighted by Crippen LogP contribution is -2.35. The summed E-state index contributed by atoms with van der Waals surface area (Å²) in [6.07, 6.45) is -0.0494. The number of nitrogens with zero attached hydrogens (tertiary/aromatic N) is 1. The summed E-state index contributed by atoms with van der Waals surface area (Å²) < 4.78 is 24.4. The fourth-order valence-corrected chi connectivity index (χ4v) is 3.81. The molecule has 0 fully saturated rings. The van der Waals surface area contributed by atoms with Crippen molar-refractivity contribution in [3.05, 3.63) is 66.2 Å². The van der Waals surface area contributed by atoms with Crippen molar-refractivity contribution in [1.29, 1.82) is 0 Å². The van der Waals surface area contributed by atoms with E-state index in [0.29, 0.717) is 6.54 Å². The van der Waals surface area contributed by atoms with Crippen molar-refractivity contribution >= 4 is 15.7 Å². The Labute approximate surface area is 149 Å². The van der Waals surface area contributed by atoms with Crippen LogP contribution in [-0.2, 0) is 14.6 Å². The van der Waals surface area contributed by atoms with E-state index in [0.717, 1.165) is 5.56 Å². The lowest BCUT2D eigenvalue weighted by Gasteiger charge is -2.25. The number of amides is 1. The fraction of sp³-hybridized carbons (Fsp3) is 0.316. The number of rotatable bonds is 8. The van der Waals surface area contributed by atoms with Gasteiger partial charge in [-0.3, -0.25) is 4.79 Å². The van der Waals surface area contributed by atoms with Crippen LogP contribution in [0.4, 0.5) is 0 Å². The number of benzene rings is 2. The monoisotopic (exact) mass is 360 g/mol. The quantitative estimate of drug-likeness (QED) is 0.784. The largest absolute Gasteiger partial charge is 0.354 e. The minimum absolute atomic E-state index is 0.0379. The van der Waals surface area contributed by atoms with Gasteiger partial charge >= 0.3 is 0 Å². The molecule has 0 heterocycles. The first-order chi connectivity index (χ1) is 11.9. The number of carbonyl (C=O) groups is 1. The maximum Gasteiger partial charge on any atom is 0.221 e. The minimum Gasteiger partial charge on any atom is -0.354 e. The number of carbonyl (C=O) groups excluding carboxylic acids is 1. The molecular weight excluding hydrogens is 336 g/mol. The van der Waals surface area contributed by atoms with Crippen LogP contribution >= 0.6 is 0 Å². The van der Waals surface area contributed by atoms with E-state index in [-0.39, 0.29) is 29.0 Å². The molecule has 2 rings (SSSR count). The Morgan fingerprint density at radius 1 is 1.00 bits per heavy atom. The third-order valence-corrected chi connectivity index (χ3v) is 5.73. The van der Waals surface area contributed by atoms with E-state index in [2.05, 4.69) is 5.32 Å². The fourth-order valence-electron chi connectivity index (χ4n) is 2.55. The van der Waals surface area contributed by atoms with Gasteiger partial charge in [-0.2, -0.15) is 0 Å². The molecular formula is C19H24N2O3S. The van der Waals surface area contributed by atoms with Gasteiger partial charge in [0.05, 0.1) is 16.7 Å². The lowest BCUT2D eigenvalue weighted by molar-refractivity contribution is -0.120. The van der Waals surface area contributed by atoms with Crippen LogP contribution in [-0.4, -0.2) is 45.6 Å². The lowest BCUT2D eigenvalue weighted by atomic mass is 10.1. The van der Waals surface area contributed by atoms with Crippen molar-refractivity contribution < 1.29 is 13.2 Å². The molecule has 0 spiro atoms. The van der Waals surface area contributed by atoms with Crippen LogP contribution in [0.3, 0.4) is 0 Å². The Balaban J connectivity index is 1.90.